The Bertz CT molecular complexity index is 230. The van der Waals surface area contributed by atoms with Gasteiger partial charge in [-0.15, -0.1) is 11.3 Å². The molecule has 1 aliphatic carbocycles. The van der Waals surface area contributed by atoms with Gasteiger partial charge in [0.05, 0.1) is 5.01 Å². The summed E-state index contributed by atoms with van der Waals surface area (Å²) in [7, 11) is 0. The minimum Gasteiger partial charge on any atom is -0.249 e. The fourth-order valence-corrected chi connectivity index (χ4v) is 2.88. The van der Waals surface area contributed by atoms with E-state index in [0.717, 1.165) is 11.8 Å². The van der Waals surface area contributed by atoms with Crippen LogP contribution in [0.3, 0.4) is 0 Å². The molecule has 1 nitrogen and oxygen atoms in total. The Kier molecular flexibility index (Phi) is 2.45. The van der Waals surface area contributed by atoms with Crippen LogP contribution in [0, 0.1) is 5.92 Å². The molecule has 0 radical (unpaired) electrons. The van der Waals surface area contributed by atoms with Gasteiger partial charge in [-0.25, -0.2) is 4.98 Å². The Morgan fingerprint density at radius 2 is 2.42 bits per heavy atom. The molecule has 0 amide bonds. The maximum absolute atomic E-state index is 4.39. The highest BCUT2D eigenvalue weighted by Gasteiger charge is 2.21. The molecule has 1 aliphatic rings. The Morgan fingerprint density at radius 1 is 1.50 bits per heavy atom. The van der Waals surface area contributed by atoms with Crippen molar-refractivity contribution < 1.29 is 0 Å². The summed E-state index contributed by atoms with van der Waals surface area (Å²) in [5, 5.41) is 3.45. The predicted molar refractivity (Wildman–Crippen MR) is 52.5 cm³/mol. The van der Waals surface area contributed by atoms with Crippen LogP contribution in [0.4, 0.5) is 0 Å². The number of hydrogen-bond donors (Lipinski definition) is 0. The van der Waals surface area contributed by atoms with Gasteiger partial charge in [0.15, 0.2) is 0 Å². The molecule has 0 bridgehead atoms. The molecule has 1 heterocycles. The molecule has 2 heteroatoms. The van der Waals surface area contributed by atoms with E-state index < -0.39 is 0 Å². The number of thiazole rings is 1. The van der Waals surface area contributed by atoms with Crippen LogP contribution in [-0.4, -0.2) is 4.98 Å². The fraction of sp³-hybridized carbons (Fsp3) is 0.700. The first-order valence-corrected chi connectivity index (χ1v) is 5.63. The normalized spacial score (nSPS) is 30.4. The first-order chi connectivity index (χ1) is 5.86. The first kappa shape index (κ1) is 8.24. The van der Waals surface area contributed by atoms with Gasteiger partial charge in [0.25, 0.3) is 0 Å². The van der Waals surface area contributed by atoms with Gasteiger partial charge in [-0.1, -0.05) is 19.8 Å². The lowest BCUT2D eigenvalue weighted by atomic mass is 9.83. The zero-order valence-corrected chi connectivity index (χ0v) is 8.31. The van der Waals surface area contributed by atoms with Gasteiger partial charge >= 0.3 is 0 Å². The van der Waals surface area contributed by atoms with E-state index >= 15 is 0 Å². The highest BCUT2D eigenvalue weighted by Crippen LogP contribution is 2.36. The van der Waals surface area contributed by atoms with Crippen molar-refractivity contribution in [1.29, 1.82) is 0 Å². The molecule has 0 aromatic carbocycles. The van der Waals surface area contributed by atoms with Crippen LogP contribution in [0.2, 0.25) is 0 Å². The van der Waals surface area contributed by atoms with Crippen molar-refractivity contribution in [3.63, 3.8) is 0 Å². The van der Waals surface area contributed by atoms with Crippen molar-refractivity contribution in [2.45, 2.75) is 38.5 Å². The van der Waals surface area contributed by atoms with Crippen LogP contribution in [-0.2, 0) is 0 Å². The number of hydrogen-bond acceptors (Lipinski definition) is 2. The lowest BCUT2D eigenvalue weighted by molar-refractivity contribution is 0.343. The summed E-state index contributed by atoms with van der Waals surface area (Å²) in [5.74, 6) is 1.68. The molecule has 1 saturated carbocycles. The van der Waals surface area contributed by atoms with Crippen LogP contribution in [0.15, 0.2) is 11.6 Å². The largest absolute Gasteiger partial charge is 0.249 e. The van der Waals surface area contributed by atoms with Crippen molar-refractivity contribution in [3.05, 3.63) is 16.6 Å². The standard InChI is InChI=1S/C10H15NS/c1-8-3-2-4-9(7-8)10-11-5-6-12-10/h5-6,8-9H,2-4,7H2,1H3. The van der Waals surface area contributed by atoms with Crippen molar-refractivity contribution >= 4 is 11.3 Å². The molecular formula is C10H15NS. The van der Waals surface area contributed by atoms with E-state index in [-0.39, 0.29) is 0 Å². The smallest absolute Gasteiger partial charge is 0.0955 e. The summed E-state index contributed by atoms with van der Waals surface area (Å²) in [6, 6.07) is 0. The molecule has 0 N–H and O–H groups in total. The Morgan fingerprint density at radius 3 is 3.08 bits per heavy atom. The molecular weight excluding hydrogens is 166 g/mol. The number of aromatic nitrogens is 1. The third-order valence-corrected chi connectivity index (χ3v) is 3.68. The van der Waals surface area contributed by atoms with Crippen molar-refractivity contribution in [2.75, 3.05) is 0 Å². The second kappa shape index (κ2) is 3.56. The van der Waals surface area contributed by atoms with Gasteiger partial charge in [0.1, 0.15) is 0 Å². The van der Waals surface area contributed by atoms with E-state index in [1.54, 1.807) is 0 Å². The van der Waals surface area contributed by atoms with E-state index in [1.807, 2.05) is 17.5 Å². The van der Waals surface area contributed by atoms with E-state index in [9.17, 15) is 0 Å². The van der Waals surface area contributed by atoms with Crippen molar-refractivity contribution in [3.8, 4) is 0 Å². The molecule has 1 aromatic heterocycles. The van der Waals surface area contributed by atoms with Gasteiger partial charge in [-0.05, 0) is 18.8 Å². The first-order valence-electron chi connectivity index (χ1n) is 4.75. The second-order valence-electron chi connectivity index (χ2n) is 3.84. The summed E-state index contributed by atoms with van der Waals surface area (Å²) < 4.78 is 0. The average molecular weight is 181 g/mol. The maximum atomic E-state index is 4.39. The highest BCUT2D eigenvalue weighted by atomic mass is 32.1. The second-order valence-corrected chi connectivity index (χ2v) is 4.77. The maximum Gasteiger partial charge on any atom is 0.0955 e. The molecule has 0 saturated heterocycles. The van der Waals surface area contributed by atoms with Gasteiger partial charge < -0.3 is 0 Å². The van der Waals surface area contributed by atoms with Gasteiger partial charge in [0.2, 0.25) is 0 Å². The molecule has 1 fully saturated rings. The molecule has 2 atom stereocenters. The van der Waals surface area contributed by atoms with Crippen LogP contribution in [0.5, 0.6) is 0 Å². The number of nitrogens with zero attached hydrogens (tertiary/aromatic N) is 1. The summed E-state index contributed by atoms with van der Waals surface area (Å²) in [4.78, 5) is 4.39. The number of rotatable bonds is 1. The molecule has 66 valence electrons. The van der Waals surface area contributed by atoms with Gasteiger partial charge in [-0.3, -0.25) is 0 Å². The molecule has 2 unspecified atom stereocenters. The van der Waals surface area contributed by atoms with Crippen LogP contribution < -0.4 is 0 Å². The molecule has 12 heavy (non-hydrogen) atoms. The molecule has 1 aromatic rings. The lowest BCUT2D eigenvalue weighted by Crippen LogP contribution is -2.11. The van der Waals surface area contributed by atoms with Gasteiger partial charge in [-0.2, -0.15) is 0 Å². The van der Waals surface area contributed by atoms with Gasteiger partial charge in [0, 0.05) is 17.5 Å². The lowest BCUT2D eigenvalue weighted by Gasteiger charge is -2.24. The van der Waals surface area contributed by atoms with Crippen LogP contribution >= 0.6 is 11.3 Å². The topological polar surface area (TPSA) is 12.9 Å². The van der Waals surface area contributed by atoms with E-state index in [2.05, 4.69) is 17.3 Å². The quantitative estimate of drug-likeness (QED) is 0.646. The van der Waals surface area contributed by atoms with E-state index in [4.69, 9.17) is 0 Å². The van der Waals surface area contributed by atoms with Crippen molar-refractivity contribution in [2.24, 2.45) is 5.92 Å². The minimum atomic E-state index is 0.772. The molecule has 2 rings (SSSR count). The monoisotopic (exact) mass is 181 g/mol. The zero-order valence-electron chi connectivity index (χ0n) is 7.49. The molecule has 0 spiro atoms. The van der Waals surface area contributed by atoms with Crippen LogP contribution in [0.25, 0.3) is 0 Å². The third kappa shape index (κ3) is 1.69. The van der Waals surface area contributed by atoms with Crippen molar-refractivity contribution in [1.82, 2.24) is 4.98 Å². The fourth-order valence-electron chi connectivity index (χ4n) is 2.09. The summed E-state index contributed by atoms with van der Waals surface area (Å²) in [5.41, 5.74) is 0. The predicted octanol–water partition coefficient (Wildman–Crippen LogP) is 3.44. The summed E-state index contributed by atoms with van der Waals surface area (Å²) in [6.45, 7) is 2.36. The van der Waals surface area contributed by atoms with E-state index in [1.165, 1.54) is 30.7 Å². The highest BCUT2D eigenvalue weighted by molar-refractivity contribution is 7.09. The third-order valence-electron chi connectivity index (χ3n) is 2.74. The van der Waals surface area contributed by atoms with E-state index in [0.29, 0.717) is 0 Å². The summed E-state index contributed by atoms with van der Waals surface area (Å²) in [6.07, 6.45) is 7.46. The van der Waals surface area contributed by atoms with Crippen LogP contribution in [0.1, 0.15) is 43.5 Å². The Hall–Kier alpha value is -0.370. The zero-order chi connectivity index (χ0) is 8.39. The summed E-state index contributed by atoms with van der Waals surface area (Å²) >= 11 is 1.82. The Balaban J connectivity index is 2.04. The minimum absolute atomic E-state index is 0.772. The average Bonchev–Trinajstić information content (AvgIpc) is 2.56. The SMILES string of the molecule is CC1CCCC(c2nccs2)C1. The molecule has 0 aliphatic heterocycles. The Labute approximate surface area is 77.8 Å².